The van der Waals surface area contributed by atoms with Crippen LogP contribution in [0.15, 0.2) is 47.8 Å². The number of aliphatic hydroxyl groups is 1. The number of amides is 2. The molecule has 0 radical (unpaired) electrons. The van der Waals surface area contributed by atoms with Crippen LogP contribution in [0.1, 0.15) is 29.8 Å². The Kier molecular flexibility index (Phi) is 6.43. The zero-order valence-electron chi connectivity index (χ0n) is 12.7. The van der Waals surface area contributed by atoms with Crippen LogP contribution < -0.4 is 10.6 Å². The lowest BCUT2D eigenvalue weighted by atomic mass is 10.0. The van der Waals surface area contributed by atoms with Gasteiger partial charge in [-0.05, 0) is 29.9 Å². The summed E-state index contributed by atoms with van der Waals surface area (Å²) in [7, 11) is 0. The molecule has 3 N–H and O–H groups in total. The summed E-state index contributed by atoms with van der Waals surface area (Å²) in [6, 6.07) is 13.6. The zero-order chi connectivity index (χ0) is 15.8. The fourth-order valence-electron chi connectivity index (χ4n) is 2.22. The van der Waals surface area contributed by atoms with E-state index in [9.17, 15) is 9.90 Å². The first-order chi connectivity index (χ1) is 10.7. The van der Waals surface area contributed by atoms with Crippen molar-refractivity contribution in [2.45, 2.75) is 31.8 Å². The monoisotopic (exact) mass is 318 g/mol. The molecule has 0 aliphatic carbocycles. The molecule has 2 rings (SSSR count). The molecule has 0 spiro atoms. The van der Waals surface area contributed by atoms with Crippen molar-refractivity contribution in [3.63, 3.8) is 0 Å². The van der Waals surface area contributed by atoms with Crippen LogP contribution in [0.5, 0.6) is 0 Å². The Labute approximate surface area is 135 Å². The van der Waals surface area contributed by atoms with E-state index in [1.54, 1.807) is 11.3 Å². The van der Waals surface area contributed by atoms with E-state index in [2.05, 4.69) is 22.8 Å². The van der Waals surface area contributed by atoms with E-state index in [-0.39, 0.29) is 24.7 Å². The van der Waals surface area contributed by atoms with Crippen molar-refractivity contribution in [1.29, 1.82) is 0 Å². The molecule has 2 unspecified atom stereocenters. The van der Waals surface area contributed by atoms with Gasteiger partial charge in [-0.1, -0.05) is 43.3 Å². The summed E-state index contributed by atoms with van der Waals surface area (Å²) in [5.41, 5.74) is 1.18. The average molecular weight is 318 g/mol. The minimum absolute atomic E-state index is 0.0493. The van der Waals surface area contributed by atoms with Gasteiger partial charge >= 0.3 is 6.03 Å². The quantitative estimate of drug-likeness (QED) is 0.734. The van der Waals surface area contributed by atoms with Gasteiger partial charge in [0.25, 0.3) is 0 Å². The van der Waals surface area contributed by atoms with Crippen molar-refractivity contribution >= 4 is 17.4 Å². The van der Waals surface area contributed by atoms with Crippen molar-refractivity contribution in [3.05, 3.63) is 58.3 Å². The predicted octanol–water partition coefficient (Wildman–Crippen LogP) is 3.10. The summed E-state index contributed by atoms with van der Waals surface area (Å²) in [5.74, 6) is 0. The molecular formula is C17H22N2O2S. The Bertz CT molecular complexity index is 553. The summed E-state index contributed by atoms with van der Waals surface area (Å²) < 4.78 is 0. The maximum atomic E-state index is 12.1. The summed E-state index contributed by atoms with van der Waals surface area (Å²) in [4.78, 5) is 13.3. The third-order valence-corrected chi connectivity index (χ3v) is 4.51. The molecule has 4 nitrogen and oxygen atoms in total. The van der Waals surface area contributed by atoms with Gasteiger partial charge in [0.1, 0.15) is 0 Å². The first-order valence-electron chi connectivity index (χ1n) is 7.48. The molecule has 1 aromatic heterocycles. The Morgan fingerprint density at radius 1 is 1.18 bits per heavy atom. The van der Waals surface area contributed by atoms with E-state index in [1.165, 1.54) is 5.56 Å². The van der Waals surface area contributed by atoms with E-state index in [0.29, 0.717) is 6.42 Å². The highest BCUT2D eigenvalue weighted by molar-refractivity contribution is 7.10. The second kappa shape index (κ2) is 8.56. The van der Waals surface area contributed by atoms with Crippen LogP contribution in [0.2, 0.25) is 0 Å². The zero-order valence-corrected chi connectivity index (χ0v) is 13.5. The van der Waals surface area contributed by atoms with Crippen LogP contribution in [-0.4, -0.2) is 23.8 Å². The van der Waals surface area contributed by atoms with E-state index in [0.717, 1.165) is 11.3 Å². The first kappa shape index (κ1) is 16.5. The molecule has 0 saturated heterocycles. The van der Waals surface area contributed by atoms with Gasteiger partial charge in [0, 0.05) is 4.88 Å². The van der Waals surface area contributed by atoms with Crippen LogP contribution in [0.25, 0.3) is 0 Å². The molecule has 1 heterocycles. The van der Waals surface area contributed by atoms with Crippen LogP contribution in [0.3, 0.4) is 0 Å². The number of urea groups is 1. The molecule has 1 aromatic carbocycles. The van der Waals surface area contributed by atoms with Crippen molar-refractivity contribution < 1.29 is 9.90 Å². The van der Waals surface area contributed by atoms with Gasteiger partial charge < -0.3 is 15.7 Å². The summed E-state index contributed by atoms with van der Waals surface area (Å²) in [5, 5.41) is 17.0. The molecule has 2 atom stereocenters. The Morgan fingerprint density at radius 3 is 2.55 bits per heavy atom. The van der Waals surface area contributed by atoms with Gasteiger partial charge in [0.05, 0.1) is 18.7 Å². The first-order valence-corrected chi connectivity index (χ1v) is 8.36. The number of carbonyl (C=O) groups is 1. The fourth-order valence-corrected chi connectivity index (χ4v) is 3.00. The molecule has 0 aliphatic heterocycles. The minimum atomic E-state index is -0.241. The van der Waals surface area contributed by atoms with Gasteiger partial charge in [-0.15, -0.1) is 11.3 Å². The number of nitrogens with one attached hydrogen (secondary N) is 2. The molecule has 5 heteroatoms. The highest BCUT2D eigenvalue weighted by Crippen LogP contribution is 2.22. The molecule has 2 aromatic rings. The standard InChI is InChI=1S/C17H22N2O2S/c1-2-14(12-20)18-17(21)19-15(16-9-6-10-22-16)11-13-7-4-3-5-8-13/h3-10,14-15,20H,2,11-12H2,1H3,(H2,18,19,21). The van der Waals surface area contributed by atoms with E-state index in [1.807, 2.05) is 42.6 Å². The lowest BCUT2D eigenvalue weighted by Gasteiger charge is -2.21. The molecule has 2 amide bonds. The topological polar surface area (TPSA) is 61.4 Å². The van der Waals surface area contributed by atoms with Crippen LogP contribution in [-0.2, 0) is 6.42 Å². The molecule has 0 saturated carbocycles. The average Bonchev–Trinajstić information content (AvgIpc) is 3.07. The highest BCUT2D eigenvalue weighted by Gasteiger charge is 2.17. The molecule has 0 bridgehead atoms. The summed E-state index contributed by atoms with van der Waals surface area (Å²) in [6.07, 6.45) is 1.44. The fraction of sp³-hybridized carbons (Fsp3) is 0.353. The number of carbonyl (C=O) groups excluding carboxylic acids is 1. The third-order valence-electron chi connectivity index (χ3n) is 3.52. The normalized spacial score (nSPS) is 13.4. The minimum Gasteiger partial charge on any atom is -0.394 e. The van der Waals surface area contributed by atoms with Gasteiger partial charge in [0.2, 0.25) is 0 Å². The van der Waals surface area contributed by atoms with Gasteiger partial charge in [-0.2, -0.15) is 0 Å². The second-order valence-corrected chi connectivity index (χ2v) is 6.14. The van der Waals surface area contributed by atoms with Crippen molar-refractivity contribution in [2.24, 2.45) is 0 Å². The molecule has 118 valence electrons. The third kappa shape index (κ3) is 4.86. The largest absolute Gasteiger partial charge is 0.394 e. The molecule has 22 heavy (non-hydrogen) atoms. The van der Waals surface area contributed by atoms with E-state index in [4.69, 9.17) is 0 Å². The number of hydrogen-bond acceptors (Lipinski definition) is 3. The van der Waals surface area contributed by atoms with Crippen molar-refractivity contribution in [1.82, 2.24) is 10.6 Å². The highest BCUT2D eigenvalue weighted by atomic mass is 32.1. The number of benzene rings is 1. The van der Waals surface area contributed by atoms with Crippen molar-refractivity contribution in [3.8, 4) is 0 Å². The summed E-state index contributed by atoms with van der Waals surface area (Å²) in [6.45, 7) is 1.88. The predicted molar refractivity (Wildman–Crippen MR) is 90.0 cm³/mol. The van der Waals surface area contributed by atoms with Crippen LogP contribution in [0.4, 0.5) is 4.79 Å². The number of aliphatic hydroxyl groups excluding tert-OH is 1. The molecule has 0 fully saturated rings. The van der Waals surface area contributed by atoms with Gasteiger partial charge in [-0.25, -0.2) is 4.79 Å². The second-order valence-electron chi connectivity index (χ2n) is 5.16. The Morgan fingerprint density at radius 2 is 1.95 bits per heavy atom. The van der Waals surface area contributed by atoms with Gasteiger partial charge in [-0.3, -0.25) is 0 Å². The van der Waals surface area contributed by atoms with Crippen molar-refractivity contribution in [2.75, 3.05) is 6.61 Å². The number of thiophene rings is 1. The maximum Gasteiger partial charge on any atom is 0.315 e. The number of rotatable bonds is 7. The maximum absolute atomic E-state index is 12.1. The lowest BCUT2D eigenvalue weighted by Crippen LogP contribution is -2.45. The van der Waals surface area contributed by atoms with Crippen LogP contribution >= 0.6 is 11.3 Å². The summed E-state index contributed by atoms with van der Waals surface area (Å²) >= 11 is 1.63. The Balaban J connectivity index is 2.04. The molecule has 0 aliphatic rings. The Hall–Kier alpha value is -1.85. The SMILES string of the molecule is CCC(CO)NC(=O)NC(Cc1ccccc1)c1cccs1. The van der Waals surface area contributed by atoms with Crippen LogP contribution in [0, 0.1) is 0 Å². The smallest absolute Gasteiger partial charge is 0.315 e. The van der Waals surface area contributed by atoms with E-state index >= 15 is 0 Å². The van der Waals surface area contributed by atoms with Gasteiger partial charge in [0.15, 0.2) is 0 Å². The molecular weight excluding hydrogens is 296 g/mol. The lowest BCUT2D eigenvalue weighted by molar-refractivity contribution is 0.212. The number of hydrogen-bond donors (Lipinski definition) is 3. The van der Waals surface area contributed by atoms with E-state index < -0.39 is 0 Å².